The van der Waals surface area contributed by atoms with Gasteiger partial charge in [-0.3, -0.25) is 9.59 Å². The van der Waals surface area contributed by atoms with Crippen LogP contribution in [-0.2, 0) is 16.0 Å². The second-order valence-corrected chi connectivity index (χ2v) is 7.27. The van der Waals surface area contributed by atoms with Gasteiger partial charge in [0.05, 0.1) is 0 Å². The van der Waals surface area contributed by atoms with E-state index in [4.69, 9.17) is 0 Å². The van der Waals surface area contributed by atoms with Crippen LogP contribution in [-0.4, -0.2) is 35.8 Å². The van der Waals surface area contributed by atoms with Crippen molar-refractivity contribution in [2.45, 2.75) is 59.9 Å². The number of hydrogen-bond acceptors (Lipinski definition) is 2. The van der Waals surface area contributed by atoms with Crippen LogP contribution in [0.4, 0.5) is 5.69 Å². The number of benzene rings is 1. The molecule has 1 atom stereocenters. The number of nitrogens with zero attached hydrogens (tertiary/aromatic N) is 2. The summed E-state index contributed by atoms with van der Waals surface area (Å²) in [5, 5.41) is 0. The van der Waals surface area contributed by atoms with Crippen LogP contribution >= 0.6 is 0 Å². The van der Waals surface area contributed by atoms with Crippen molar-refractivity contribution in [1.29, 1.82) is 0 Å². The largest absolute Gasteiger partial charge is 0.342 e. The van der Waals surface area contributed by atoms with Crippen molar-refractivity contribution < 1.29 is 9.59 Å². The minimum Gasteiger partial charge on any atom is -0.342 e. The first kappa shape index (κ1) is 18.5. The van der Waals surface area contributed by atoms with E-state index in [-0.39, 0.29) is 17.9 Å². The molecular weight excluding hydrogens is 300 g/mol. The summed E-state index contributed by atoms with van der Waals surface area (Å²) in [4.78, 5) is 30.0. The average Bonchev–Trinajstić information content (AvgIpc) is 2.88. The van der Waals surface area contributed by atoms with E-state index >= 15 is 0 Å². The van der Waals surface area contributed by atoms with Crippen molar-refractivity contribution in [2.75, 3.05) is 18.0 Å². The third-order valence-corrected chi connectivity index (χ3v) is 4.77. The van der Waals surface area contributed by atoms with Gasteiger partial charge in [0.1, 0.15) is 5.41 Å². The number of carbonyl (C=O) groups is 2. The van der Waals surface area contributed by atoms with E-state index in [1.54, 1.807) is 13.8 Å². The minimum atomic E-state index is -1.05. The molecule has 1 aromatic carbocycles. The first-order chi connectivity index (χ1) is 11.3. The van der Waals surface area contributed by atoms with Crippen LogP contribution in [0.2, 0.25) is 0 Å². The number of para-hydroxylation sites is 1. The highest BCUT2D eigenvalue weighted by Gasteiger charge is 2.45. The van der Waals surface area contributed by atoms with Gasteiger partial charge in [0.15, 0.2) is 0 Å². The van der Waals surface area contributed by atoms with Crippen molar-refractivity contribution in [3.05, 3.63) is 29.8 Å². The Hall–Kier alpha value is -1.84. The fraction of sp³-hybridized carbons (Fsp3) is 0.600. The highest BCUT2D eigenvalue weighted by atomic mass is 16.2. The van der Waals surface area contributed by atoms with Gasteiger partial charge in [-0.15, -0.1) is 0 Å². The van der Waals surface area contributed by atoms with Gasteiger partial charge in [0, 0.05) is 24.8 Å². The molecule has 0 aliphatic carbocycles. The number of carbonyl (C=O) groups excluding carboxylic acids is 2. The molecule has 1 aliphatic rings. The Morgan fingerprint density at radius 1 is 1.17 bits per heavy atom. The monoisotopic (exact) mass is 330 g/mol. The SMILES string of the molecule is CCCN(CCC)C(=O)C(C)(C)C(=O)N1c2ccccc2CC1C. The summed E-state index contributed by atoms with van der Waals surface area (Å²) < 4.78 is 0. The molecule has 4 nitrogen and oxygen atoms in total. The van der Waals surface area contributed by atoms with Crippen LogP contribution in [0.3, 0.4) is 0 Å². The van der Waals surface area contributed by atoms with Gasteiger partial charge in [0.25, 0.3) is 0 Å². The highest BCUT2D eigenvalue weighted by molar-refractivity contribution is 6.12. The summed E-state index contributed by atoms with van der Waals surface area (Å²) in [6, 6.07) is 8.08. The minimum absolute atomic E-state index is 0.0622. The van der Waals surface area contributed by atoms with Crippen molar-refractivity contribution in [3.8, 4) is 0 Å². The molecule has 2 amide bonds. The van der Waals surface area contributed by atoms with Crippen LogP contribution < -0.4 is 4.90 Å². The standard InChI is InChI=1S/C20H30N2O2/c1-6-12-21(13-7-2)18(23)20(4,5)19(24)22-15(3)14-16-10-8-9-11-17(16)22/h8-11,15H,6-7,12-14H2,1-5H3. The predicted octanol–water partition coefficient (Wildman–Crippen LogP) is 3.64. The Morgan fingerprint density at radius 2 is 1.75 bits per heavy atom. The second kappa shape index (κ2) is 7.37. The van der Waals surface area contributed by atoms with Crippen LogP contribution in [0.15, 0.2) is 24.3 Å². The maximum atomic E-state index is 13.3. The molecule has 0 bridgehead atoms. The van der Waals surface area contributed by atoms with Gasteiger partial charge >= 0.3 is 0 Å². The molecule has 1 aliphatic heterocycles. The molecule has 1 aromatic rings. The lowest BCUT2D eigenvalue weighted by molar-refractivity contribution is -0.147. The highest BCUT2D eigenvalue weighted by Crippen LogP contribution is 2.36. The summed E-state index contributed by atoms with van der Waals surface area (Å²) >= 11 is 0. The van der Waals surface area contributed by atoms with Crippen LogP contribution in [0.1, 0.15) is 53.0 Å². The van der Waals surface area contributed by atoms with Gasteiger partial charge in [-0.2, -0.15) is 0 Å². The van der Waals surface area contributed by atoms with Crippen molar-refractivity contribution in [3.63, 3.8) is 0 Å². The molecule has 1 heterocycles. The van der Waals surface area contributed by atoms with E-state index < -0.39 is 5.41 Å². The van der Waals surface area contributed by atoms with Crippen LogP contribution in [0.5, 0.6) is 0 Å². The zero-order valence-electron chi connectivity index (χ0n) is 15.6. The number of fused-ring (bicyclic) bond motifs is 1. The lowest BCUT2D eigenvalue weighted by atomic mass is 9.88. The fourth-order valence-corrected chi connectivity index (χ4v) is 3.52. The van der Waals surface area contributed by atoms with Crippen molar-refractivity contribution >= 4 is 17.5 Å². The van der Waals surface area contributed by atoms with E-state index in [2.05, 4.69) is 19.9 Å². The molecule has 24 heavy (non-hydrogen) atoms. The molecule has 0 N–H and O–H groups in total. The third-order valence-electron chi connectivity index (χ3n) is 4.77. The normalized spacial score (nSPS) is 16.9. The molecule has 132 valence electrons. The third kappa shape index (κ3) is 3.33. The molecule has 0 spiro atoms. The van der Waals surface area contributed by atoms with Crippen LogP contribution in [0.25, 0.3) is 0 Å². The van der Waals surface area contributed by atoms with Gasteiger partial charge in [0.2, 0.25) is 11.8 Å². The fourth-order valence-electron chi connectivity index (χ4n) is 3.52. The maximum absolute atomic E-state index is 13.3. The summed E-state index contributed by atoms with van der Waals surface area (Å²) in [5.41, 5.74) is 1.09. The van der Waals surface area contributed by atoms with Gasteiger partial charge in [-0.05, 0) is 51.7 Å². The number of hydrogen-bond donors (Lipinski definition) is 0. The van der Waals surface area contributed by atoms with E-state index in [0.717, 1.165) is 24.9 Å². The molecule has 1 unspecified atom stereocenters. The van der Waals surface area contributed by atoms with Crippen molar-refractivity contribution in [1.82, 2.24) is 4.90 Å². The second-order valence-electron chi connectivity index (χ2n) is 7.27. The molecule has 4 heteroatoms. The zero-order chi connectivity index (χ0) is 17.9. The lowest BCUT2D eigenvalue weighted by Crippen LogP contribution is -2.52. The topological polar surface area (TPSA) is 40.6 Å². The molecular formula is C20H30N2O2. The summed E-state index contributed by atoms with van der Waals surface area (Å²) in [5.74, 6) is -0.157. The molecule has 0 saturated carbocycles. The molecule has 0 aromatic heterocycles. The smallest absolute Gasteiger partial charge is 0.242 e. The Labute approximate surface area is 145 Å². The Kier molecular flexibility index (Phi) is 5.68. The van der Waals surface area contributed by atoms with E-state index in [1.807, 2.05) is 34.9 Å². The predicted molar refractivity (Wildman–Crippen MR) is 98.0 cm³/mol. The van der Waals surface area contributed by atoms with Crippen LogP contribution in [0, 0.1) is 5.41 Å². The van der Waals surface area contributed by atoms with E-state index in [9.17, 15) is 9.59 Å². The van der Waals surface area contributed by atoms with Gasteiger partial charge in [-0.1, -0.05) is 32.0 Å². The summed E-state index contributed by atoms with van der Waals surface area (Å²) in [6.45, 7) is 11.1. The first-order valence-corrected chi connectivity index (χ1v) is 9.05. The van der Waals surface area contributed by atoms with E-state index in [1.165, 1.54) is 5.56 Å². The lowest BCUT2D eigenvalue weighted by Gasteiger charge is -2.35. The average molecular weight is 330 g/mol. The Bertz CT molecular complexity index is 603. The Balaban J connectivity index is 2.28. The number of rotatable bonds is 6. The summed E-state index contributed by atoms with van der Waals surface area (Å²) in [7, 11) is 0. The number of amides is 2. The molecule has 2 rings (SSSR count). The zero-order valence-corrected chi connectivity index (χ0v) is 15.6. The first-order valence-electron chi connectivity index (χ1n) is 9.05. The quantitative estimate of drug-likeness (QED) is 0.747. The van der Waals surface area contributed by atoms with Crippen molar-refractivity contribution in [2.24, 2.45) is 5.41 Å². The number of anilines is 1. The molecule has 0 radical (unpaired) electrons. The van der Waals surface area contributed by atoms with Gasteiger partial charge < -0.3 is 9.80 Å². The summed E-state index contributed by atoms with van der Waals surface area (Å²) in [6.07, 6.45) is 2.65. The molecule has 0 saturated heterocycles. The van der Waals surface area contributed by atoms with E-state index in [0.29, 0.717) is 13.1 Å². The Morgan fingerprint density at radius 3 is 2.33 bits per heavy atom. The molecule has 0 fully saturated rings. The van der Waals surface area contributed by atoms with Gasteiger partial charge in [-0.25, -0.2) is 0 Å². The maximum Gasteiger partial charge on any atom is 0.242 e.